The van der Waals surface area contributed by atoms with Gasteiger partial charge in [-0.1, -0.05) is 0 Å². The summed E-state index contributed by atoms with van der Waals surface area (Å²) in [4.78, 5) is 37.2. The predicted octanol–water partition coefficient (Wildman–Crippen LogP) is -2.99. The zero-order chi connectivity index (χ0) is 18.0. The minimum Gasteiger partial charge on any atom is -0.467 e. The largest absolute Gasteiger partial charge is 0.467 e. The van der Waals surface area contributed by atoms with Crippen LogP contribution in [-0.4, -0.2) is 70.0 Å². The van der Waals surface area contributed by atoms with Crippen molar-refractivity contribution in [1.82, 2.24) is 9.55 Å². The minimum atomic E-state index is -1.91. The van der Waals surface area contributed by atoms with Gasteiger partial charge in [-0.3, -0.25) is 14.3 Å². The van der Waals surface area contributed by atoms with Crippen molar-refractivity contribution in [3.8, 4) is 0 Å². The van der Waals surface area contributed by atoms with Gasteiger partial charge in [-0.15, -0.1) is 0 Å². The number of aromatic amines is 1. The normalized spacial score (nSPS) is 27.9. The second-order valence-corrected chi connectivity index (χ2v) is 5.12. The first-order valence-corrected chi connectivity index (χ1v) is 6.94. The molecule has 11 heteroatoms. The molecule has 1 fully saturated rings. The molecule has 24 heavy (non-hydrogen) atoms. The highest BCUT2D eigenvalue weighted by atomic mass is 16.6. The molecule has 1 saturated heterocycles. The van der Waals surface area contributed by atoms with Gasteiger partial charge in [-0.05, 0) is 0 Å². The Morgan fingerprint density at radius 1 is 1.46 bits per heavy atom. The van der Waals surface area contributed by atoms with E-state index in [1.807, 2.05) is 4.98 Å². The van der Waals surface area contributed by atoms with Gasteiger partial charge in [0.15, 0.2) is 12.3 Å². The van der Waals surface area contributed by atoms with Gasteiger partial charge < -0.3 is 29.5 Å². The lowest BCUT2D eigenvalue weighted by molar-refractivity contribution is -0.150. The molecular weight excluding hydrogens is 328 g/mol. The first kappa shape index (κ1) is 18.3. The topological polar surface area (TPSA) is 160 Å². The van der Waals surface area contributed by atoms with Crippen LogP contribution in [0.15, 0.2) is 15.8 Å². The fourth-order valence-corrected chi connectivity index (χ4v) is 2.47. The lowest BCUT2D eigenvalue weighted by atomic mass is 10.1. The van der Waals surface area contributed by atoms with Crippen molar-refractivity contribution in [3.05, 3.63) is 32.6 Å². The highest BCUT2D eigenvalue weighted by Crippen LogP contribution is 2.30. The van der Waals surface area contributed by atoms with Gasteiger partial charge in [0.05, 0.1) is 19.3 Å². The Labute approximate surface area is 135 Å². The molecule has 1 aliphatic heterocycles. The fraction of sp³-hybridized carbons (Fsp3) is 0.615. The predicted molar refractivity (Wildman–Crippen MR) is 76.1 cm³/mol. The maximum absolute atomic E-state index is 12.0. The van der Waals surface area contributed by atoms with Crippen molar-refractivity contribution < 1.29 is 34.3 Å². The van der Waals surface area contributed by atoms with Gasteiger partial charge in [-0.25, -0.2) is 9.59 Å². The number of aliphatic hydroxyl groups is 3. The summed E-state index contributed by atoms with van der Waals surface area (Å²) in [5.74, 6) is -1.09. The Balaban J connectivity index is 2.49. The summed E-state index contributed by atoms with van der Waals surface area (Å²) in [5, 5.41) is 29.0. The number of aromatic nitrogens is 2. The number of esters is 1. The van der Waals surface area contributed by atoms with Crippen molar-refractivity contribution in [2.24, 2.45) is 0 Å². The molecule has 2 heterocycles. The Bertz CT molecular complexity index is 712. The summed E-state index contributed by atoms with van der Waals surface area (Å²) in [6.07, 6.45) is -5.42. The van der Waals surface area contributed by atoms with Crippen molar-refractivity contribution in [3.63, 3.8) is 0 Å². The maximum atomic E-state index is 12.0. The van der Waals surface area contributed by atoms with Crippen LogP contribution in [0.25, 0.3) is 0 Å². The molecule has 2 rings (SSSR count). The average Bonchev–Trinajstić information content (AvgIpc) is 2.89. The van der Waals surface area contributed by atoms with Crippen LogP contribution in [-0.2, 0) is 19.0 Å². The van der Waals surface area contributed by atoms with Crippen molar-refractivity contribution in [1.29, 1.82) is 0 Å². The first-order chi connectivity index (χ1) is 11.3. The van der Waals surface area contributed by atoms with Crippen molar-refractivity contribution >= 4 is 5.97 Å². The van der Waals surface area contributed by atoms with E-state index in [1.165, 1.54) is 7.11 Å². The molecule has 1 aromatic rings. The summed E-state index contributed by atoms with van der Waals surface area (Å²) < 4.78 is 15.7. The molecule has 4 N–H and O–H groups in total. The average molecular weight is 346 g/mol. The van der Waals surface area contributed by atoms with Gasteiger partial charge in [-0.2, -0.15) is 0 Å². The zero-order valence-corrected chi connectivity index (χ0v) is 12.9. The van der Waals surface area contributed by atoms with Gasteiger partial charge in [0.25, 0.3) is 5.56 Å². The smallest absolute Gasteiger partial charge is 0.339 e. The van der Waals surface area contributed by atoms with Crippen LogP contribution < -0.4 is 11.2 Å². The lowest BCUT2D eigenvalue weighted by Gasteiger charge is -2.21. The van der Waals surface area contributed by atoms with Crippen LogP contribution in [0.2, 0.25) is 0 Å². The summed E-state index contributed by atoms with van der Waals surface area (Å²) >= 11 is 0. The van der Waals surface area contributed by atoms with Crippen LogP contribution in [0.4, 0.5) is 0 Å². The standard InChI is InChI=1S/C13H18N2O9/c1-22-9-8(18)6(4-16)24-11(9)15-3-5(7(17)12(20)23-2)10(19)14-13(15)21/h3,6-9,11,16-18H,4H2,1-2H3,(H,14,19,21)/t6-,7?,8?,9+,11-/m1/s1. The third kappa shape index (κ3) is 3.12. The molecule has 0 spiro atoms. The van der Waals surface area contributed by atoms with Gasteiger partial charge in [0.2, 0.25) is 0 Å². The van der Waals surface area contributed by atoms with E-state index in [4.69, 9.17) is 9.47 Å². The Kier molecular flexibility index (Phi) is 5.51. The highest BCUT2D eigenvalue weighted by Gasteiger charge is 2.45. The number of nitrogens with zero attached hydrogens (tertiary/aromatic N) is 1. The van der Waals surface area contributed by atoms with Crippen LogP contribution in [0.1, 0.15) is 17.9 Å². The van der Waals surface area contributed by atoms with Gasteiger partial charge in [0.1, 0.15) is 18.3 Å². The molecule has 0 aliphatic carbocycles. The quantitative estimate of drug-likeness (QED) is 0.407. The first-order valence-electron chi connectivity index (χ1n) is 6.94. The molecule has 0 aromatic carbocycles. The van der Waals surface area contributed by atoms with E-state index in [0.29, 0.717) is 0 Å². The monoisotopic (exact) mass is 346 g/mol. The molecule has 1 aromatic heterocycles. The van der Waals surface area contributed by atoms with E-state index in [9.17, 15) is 29.7 Å². The number of ether oxygens (including phenoxy) is 3. The third-order valence-corrected chi connectivity index (χ3v) is 3.75. The molecule has 0 saturated carbocycles. The second kappa shape index (κ2) is 7.23. The summed E-state index contributed by atoms with van der Waals surface area (Å²) in [6, 6.07) is 0. The number of nitrogens with one attached hydrogen (secondary N) is 1. The van der Waals surface area contributed by atoms with Crippen molar-refractivity contribution in [2.75, 3.05) is 20.8 Å². The molecule has 0 radical (unpaired) electrons. The molecule has 11 nitrogen and oxygen atoms in total. The van der Waals surface area contributed by atoms with Gasteiger partial charge >= 0.3 is 11.7 Å². The van der Waals surface area contributed by atoms with E-state index in [2.05, 4.69) is 4.74 Å². The highest BCUT2D eigenvalue weighted by molar-refractivity contribution is 5.75. The molecular formula is C13H18N2O9. The summed E-state index contributed by atoms with van der Waals surface area (Å²) in [5.41, 5.74) is -2.32. The van der Waals surface area contributed by atoms with Crippen LogP contribution in [0.3, 0.4) is 0 Å². The molecule has 1 aliphatic rings. The van der Waals surface area contributed by atoms with E-state index < -0.39 is 60.0 Å². The molecule has 5 atom stereocenters. The number of hydrogen-bond donors (Lipinski definition) is 4. The van der Waals surface area contributed by atoms with Crippen LogP contribution >= 0.6 is 0 Å². The maximum Gasteiger partial charge on any atom is 0.339 e. The molecule has 0 amide bonds. The van der Waals surface area contributed by atoms with Crippen LogP contribution in [0.5, 0.6) is 0 Å². The number of methoxy groups -OCH3 is 2. The SMILES string of the molecule is COC(=O)C(O)c1cn([C@@H]2O[C@H](CO)C(O)[C@@H]2OC)c(=O)[nH]c1=O. The number of H-pyrrole nitrogens is 1. The Morgan fingerprint density at radius 2 is 2.12 bits per heavy atom. The van der Waals surface area contributed by atoms with E-state index in [1.54, 1.807) is 0 Å². The molecule has 134 valence electrons. The number of hydrogen-bond acceptors (Lipinski definition) is 9. The number of carbonyl (C=O) groups excluding carboxylic acids is 1. The zero-order valence-electron chi connectivity index (χ0n) is 12.9. The van der Waals surface area contributed by atoms with E-state index >= 15 is 0 Å². The molecule has 2 unspecified atom stereocenters. The van der Waals surface area contributed by atoms with Crippen molar-refractivity contribution in [2.45, 2.75) is 30.6 Å². The Morgan fingerprint density at radius 3 is 2.67 bits per heavy atom. The van der Waals surface area contributed by atoms with Gasteiger partial charge in [0, 0.05) is 13.3 Å². The summed E-state index contributed by atoms with van der Waals surface area (Å²) in [6.45, 7) is -0.521. The van der Waals surface area contributed by atoms with E-state index in [-0.39, 0.29) is 0 Å². The van der Waals surface area contributed by atoms with Crippen LogP contribution in [0, 0.1) is 0 Å². The number of aliphatic hydroxyl groups excluding tert-OH is 3. The lowest BCUT2D eigenvalue weighted by Crippen LogP contribution is -2.40. The minimum absolute atomic E-state index is 0.443. The number of carbonyl (C=O) groups is 1. The second-order valence-electron chi connectivity index (χ2n) is 5.12. The number of rotatable bonds is 5. The third-order valence-electron chi connectivity index (χ3n) is 3.75. The summed E-state index contributed by atoms with van der Waals surface area (Å²) in [7, 11) is 2.30. The van der Waals surface area contributed by atoms with E-state index in [0.717, 1.165) is 17.9 Å². The fourth-order valence-electron chi connectivity index (χ4n) is 2.47. The Hall–Kier alpha value is -2.05. The molecule has 0 bridgehead atoms.